The average molecular weight is 196 g/mol. The molecule has 2 unspecified atom stereocenters. The lowest BCUT2D eigenvalue weighted by Gasteiger charge is -2.38. The molecule has 0 spiro atoms. The minimum Gasteiger partial charge on any atom is -0.462 e. The molecule has 0 aromatic carbocycles. The van der Waals surface area contributed by atoms with Crippen LogP contribution < -0.4 is 0 Å². The molecule has 1 aliphatic rings. The maximum atomic E-state index is 11.0. The molecule has 0 bridgehead atoms. The lowest BCUT2D eigenvalue weighted by atomic mass is 9.69. The van der Waals surface area contributed by atoms with Gasteiger partial charge in [-0.15, -0.1) is 0 Å². The van der Waals surface area contributed by atoms with E-state index in [1.165, 1.54) is 31.8 Å². The first kappa shape index (κ1) is 11.3. The molecule has 1 fully saturated rings. The summed E-state index contributed by atoms with van der Waals surface area (Å²) in [6, 6.07) is 0. The zero-order valence-corrected chi connectivity index (χ0v) is 9.21. The molecule has 0 saturated heterocycles. The van der Waals surface area contributed by atoms with Crippen LogP contribution in [0.4, 0.5) is 0 Å². The van der Waals surface area contributed by atoms with Crippen molar-refractivity contribution in [2.45, 2.75) is 39.5 Å². The van der Waals surface area contributed by atoms with E-state index in [4.69, 9.17) is 4.74 Å². The highest BCUT2D eigenvalue weighted by molar-refractivity contribution is 5.81. The van der Waals surface area contributed by atoms with Crippen molar-refractivity contribution in [1.82, 2.24) is 0 Å². The van der Waals surface area contributed by atoms with Gasteiger partial charge in [0.2, 0.25) is 0 Å². The molecule has 14 heavy (non-hydrogen) atoms. The van der Waals surface area contributed by atoms with E-state index in [1.54, 1.807) is 0 Å². The molecule has 0 aromatic heterocycles. The van der Waals surface area contributed by atoms with Crippen molar-refractivity contribution in [1.29, 1.82) is 0 Å². The van der Waals surface area contributed by atoms with E-state index in [-0.39, 0.29) is 11.4 Å². The maximum Gasteiger partial charge on any atom is 0.330 e. The lowest BCUT2D eigenvalue weighted by molar-refractivity contribution is -0.143. The Bertz CT molecular complexity index is 222. The Morgan fingerprint density at radius 3 is 2.93 bits per heavy atom. The predicted molar refractivity (Wildman–Crippen MR) is 56.9 cm³/mol. The van der Waals surface area contributed by atoms with E-state index >= 15 is 0 Å². The van der Waals surface area contributed by atoms with Crippen LogP contribution in [0.1, 0.15) is 39.5 Å². The van der Waals surface area contributed by atoms with E-state index < -0.39 is 0 Å². The fraction of sp³-hybridized carbons (Fsp3) is 0.750. The van der Waals surface area contributed by atoms with Gasteiger partial charge in [-0.05, 0) is 12.3 Å². The SMILES string of the molecule is C=CC(=O)OCC1(C)CCCCC1C. The monoisotopic (exact) mass is 196 g/mol. The van der Waals surface area contributed by atoms with Crippen LogP contribution in [0.15, 0.2) is 12.7 Å². The van der Waals surface area contributed by atoms with Crippen molar-refractivity contribution >= 4 is 5.97 Å². The van der Waals surface area contributed by atoms with E-state index in [0.29, 0.717) is 12.5 Å². The van der Waals surface area contributed by atoms with Crippen molar-refractivity contribution in [2.24, 2.45) is 11.3 Å². The van der Waals surface area contributed by atoms with Gasteiger partial charge in [0.25, 0.3) is 0 Å². The first-order valence-electron chi connectivity index (χ1n) is 5.38. The topological polar surface area (TPSA) is 26.3 Å². The highest BCUT2D eigenvalue weighted by atomic mass is 16.5. The second-order valence-corrected chi connectivity index (χ2v) is 4.61. The summed E-state index contributed by atoms with van der Waals surface area (Å²) in [7, 11) is 0. The molecule has 1 rings (SSSR count). The van der Waals surface area contributed by atoms with Gasteiger partial charge < -0.3 is 4.74 Å². The highest BCUT2D eigenvalue weighted by Crippen LogP contribution is 2.40. The van der Waals surface area contributed by atoms with Crippen LogP contribution >= 0.6 is 0 Å². The normalized spacial score (nSPS) is 32.3. The van der Waals surface area contributed by atoms with Gasteiger partial charge in [-0.25, -0.2) is 4.79 Å². The van der Waals surface area contributed by atoms with Gasteiger partial charge in [-0.2, -0.15) is 0 Å². The van der Waals surface area contributed by atoms with E-state index in [1.807, 2.05) is 0 Å². The molecule has 2 heteroatoms. The summed E-state index contributed by atoms with van der Waals surface area (Å²) in [5.74, 6) is 0.345. The molecule has 1 saturated carbocycles. The van der Waals surface area contributed by atoms with Gasteiger partial charge in [0.15, 0.2) is 0 Å². The summed E-state index contributed by atoms with van der Waals surface area (Å²) in [5, 5.41) is 0. The number of rotatable bonds is 3. The highest BCUT2D eigenvalue weighted by Gasteiger charge is 2.34. The predicted octanol–water partition coefficient (Wildman–Crippen LogP) is 2.93. The molecule has 0 heterocycles. The summed E-state index contributed by atoms with van der Waals surface area (Å²) in [4.78, 5) is 11.0. The molecule has 0 N–H and O–H groups in total. The molecular weight excluding hydrogens is 176 g/mol. The minimum absolute atomic E-state index is 0.178. The maximum absolute atomic E-state index is 11.0. The van der Waals surface area contributed by atoms with Gasteiger partial charge in [-0.1, -0.05) is 39.7 Å². The summed E-state index contributed by atoms with van der Waals surface area (Å²) in [6.45, 7) is 8.40. The number of esters is 1. The van der Waals surface area contributed by atoms with Gasteiger partial charge in [0, 0.05) is 11.5 Å². The van der Waals surface area contributed by atoms with Crippen LogP contribution in [0.3, 0.4) is 0 Å². The molecular formula is C12H20O2. The van der Waals surface area contributed by atoms with E-state index in [9.17, 15) is 4.79 Å². The smallest absolute Gasteiger partial charge is 0.330 e. The Kier molecular flexibility index (Phi) is 3.73. The molecule has 2 atom stereocenters. The zero-order chi connectivity index (χ0) is 10.6. The van der Waals surface area contributed by atoms with Crippen LogP contribution in [0.25, 0.3) is 0 Å². The second-order valence-electron chi connectivity index (χ2n) is 4.61. The molecule has 80 valence electrons. The molecule has 0 aliphatic heterocycles. The molecule has 2 nitrogen and oxygen atoms in total. The third-order valence-electron chi connectivity index (χ3n) is 3.54. The third kappa shape index (κ3) is 2.60. The number of carbonyl (C=O) groups is 1. The number of hydrogen-bond donors (Lipinski definition) is 0. The fourth-order valence-corrected chi connectivity index (χ4v) is 2.08. The summed E-state index contributed by atoms with van der Waals surface area (Å²) in [5.41, 5.74) is 0.178. The van der Waals surface area contributed by atoms with Crippen LogP contribution in [0.2, 0.25) is 0 Å². The van der Waals surface area contributed by atoms with Crippen LogP contribution in [-0.4, -0.2) is 12.6 Å². The fourth-order valence-electron chi connectivity index (χ4n) is 2.08. The quantitative estimate of drug-likeness (QED) is 0.512. The largest absolute Gasteiger partial charge is 0.462 e. The Morgan fingerprint density at radius 1 is 1.64 bits per heavy atom. The molecule has 1 aliphatic carbocycles. The summed E-state index contributed by atoms with van der Waals surface area (Å²) >= 11 is 0. The van der Waals surface area contributed by atoms with Crippen molar-refractivity contribution in [2.75, 3.05) is 6.61 Å². The molecule has 0 aromatic rings. The number of hydrogen-bond acceptors (Lipinski definition) is 2. The first-order valence-corrected chi connectivity index (χ1v) is 5.38. The molecule has 0 radical (unpaired) electrons. The van der Waals surface area contributed by atoms with Crippen LogP contribution in [0.5, 0.6) is 0 Å². The zero-order valence-electron chi connectivity index (χ0n) is 9.21. The first-order chi connectivity index (χ1) is 6.58. The average Bonchev–Trinajstić information content (AvgIpc) is 2.19. The molecule has 0 amide bonds. The summed E-state index contributed by atoms with van der Waals surface area (Å²) < 4.78 is 5.15. The summed E-state index contributed by atoms with van der Waals surface area (Å²) in [6.07, 6.45) is 6.22. The van der Waals surface area contributed by atoms with Crippen LogP contribution in [-0.2, 0) is 9.53 Å². The lowest BCUT2D eigenvalue weighted by Crippen LogP contribution is -2.34. The Hall–Kier alpha value is -0.790. The van der Waals surface area contributed by atoms with Crippen molar-refractivity contribution in [3.63, 3.8) is 0 Å². The number of ether oxygens (including phenoxy) is 1. The van der Waals surface area contributed by atoms with Gasteiger partial charge in [-0.3, -0.25) is 0 Å². The number of carbonyl (C=O) groups excluding carboxylic acids is 1. The van der Waals surface area contributed by atoms with Gasteiger partial charge in [0.05, 0.1) is 6.61 Å². The van der Waals surface area contributed by atoms with Crippen molar-refractivity contribution < 1.29 is 9.53 Å². The van der Waals surface area contributed by atoms with E-state index in [0.717, 1.165) is 0 Å². The Balaban J connectivity index is 2.46. The van der Waals surface area contributed by atoms with Crippen LogP contribution in [0, 0.1) is 11.3 Å². The van der Waals surface area contributed by atoms with Crippen molar-refractivity contribution in [3.05, 3.63) is 12.7 Å². The van der Waals surface area contributed by atoms with Gasteiger partial charge in [0.1, 0.15) is 0 Å². The Morgan fingerprint density at radius 2 is 2.36 bits per heavy atom. The minimum atomic E-state index is -0.302. The second kappa shape index (κ2) is 4.63. The third-order valence-corrected chi connectivity index (χ3v) is 3.54. The standard InChI is InChI=1S/C12H20O2/c1-4-11(13)14-9-12(3)8-6-5-7-10(12)2/h4,10H,1,5-9H2,2-3H3. The van der Waals surface area contributed by atoms with Gasteiger partial charge >= 0.3 is 5.97 Å². The Labute approximate surface area is 86.3 Å². The van der Waals surface area contributed by atoms with Crippen molar-refractivity contribution in [3.8, 4) is 0 Å². The van der Waals surface area contributed by atoms with E-state index in [2.05, 4.69) is 20.4 Å².